The highest BCUT2D eigenvalue weighted by Gasteiger charge is 2.34. The third-order valence-corrected chi connectivity index (χ3v) is 6.91. The Balaban J connectivity index is 1.71. The van der Waals surface area contributed by atoms with Crippen LogP contribution in [0.1, 0.15) is 24.5 Å². The van der Waals surface area contributed by atoms with Gasteiger partial charge in [-0.25, -0.2) is 8.42 Å². The Hall–Kier alpha value is -2.94. The molecule has 1 amide bonds. The van der Waals surface area contributed by atoms with E-state index in [9.17, 15) is 23.3 Å². The fourth-order valence-electron chi connectivity index (χ4n) is 3.41. The van der Waals surface area contributed by atoms with Crippen LogP contribution in [0, 0.1) is 10.1 Å². The van der Waals surface area contributed by atoms with Crippen molar-refractivity contribution in [2.45, 2.75) is 32.4 Å². The molecule has 0 radical (unpaired) electrons. The van der Waals surface area contributed by atoms with E-state index in [0.717, 1.165) is 12.0 Å². The summed E-state index contributed by atoms with van der Waals surface area (Å²) < 4.78 is 29.4. The van der Waals surface area contributed by atoms with Crippen LogP contribution in [-0.4, -0.2) is 48.3 Å². The van der Waals surface area contributed by atoms with Gasteiger partial charge in [-0.15, -0.1) is 0 Å². The molecule has 1 aliphatic heterocycles. The average Bonchev–Trinajstić information content (AvgIpc) is 3.10. The van der Waals surface area contributed by atoms with Crippen molar-refractivity contribution >= 4 is 21.4 Å². The molecule has 1 unspecified atom stereocenters. The topological polar surface area (TPSA) is 107 Å². The molecule has 1 fully saturated rings. The number of ether oxygens (including phenoxy) is 1. The van der Waals surface area contributed by atoms with E-state index in [2.05, 4.69) is 6.92 Å². The van der Waals surface area contributed by atoms with Crippen molar-refractivity contribution in [2.75, 3.05) is 18.1 Å². The van der Waals surface area contributed by atoms with E-state index in [4.69, 9.17) is 4.74 Å². The predicted molar refractivity (Wildman–Crippen MR) is 112 cm³/mol. The number of benzene rings is 2. The largest absolute Gasteiger partial charge is 0.484 e. The molecular formula is C21H24N2O6S. The number of nitrogens with zero attached hydrogens (tertiary/aromatic N) is 2. The zero-order valence-electron chi connectivity index (χ0n) is 16.7. The first-order chi connectivity index (χ1) is 14.3. The van der Waals surface area contributed by atoms with Crippen LogP contribution >= 0.6 is 0 Å². The Morgan fingerprint density at radius 3 is 2.30 bits per heavy atom. The van der Waals surface area contributed by atoms with Gasteiger partial charge in [0.1, 0.15) is 5.75 Å². The summed E-state index contributed by atoms with van der Waals surface area (Å²) in [5.41, 5.74) is 2.03. The van der Waals surface area contributed by atoms with Crippen molar-refractivity contribution in [1.29, 1.82) is 0 Å². The number of carbonyl (C=O) groups is 1. The molecule has 8 nitrogen and oxygen atoms in total. The van der Waals surface area contributed by atoms with Gasteiger partial charge in [-0.05, 0) is 36.1 Å². The fraction of sp³-hybridized carbons (Fsp3) is 0.381. The van der Waals surface area contributed by atoms with E-state index in [1.807, 2.05) is 24.3 Å². The summed E-state index contributed by atoms with van der Waals surface area (Å²) in [6, 6.07) is 13.0. The molecule has 0 N–H and O–H groups in total. The van der Waals surface area contributed by atoms with Gasteiger partial charge in [0.2, 0.25) is 0 Å². The maximum atomic E-state index is 12.9. The Morgan fingerprint density at radius 1 is 1.13 bits per heavy atom. The molecule has 1 saturated heterocycles. The van der Waals surface area contributed by atoms with Crippen LogP contribution in [0.5, 0.6) is 5.75 Å². The van der Waals surface area contributed by atoms with Gasteiger partial charge in [-0.1, -0.05) is 31.2 Å². The minimum Gasteiger partial charge on any atom is -0.484 e. The fourth-order valence-corrected chi connectivity index (χ4v) is 5.14. The van der Waals surface area contributed by atoms with Crippen LogP contribution in [0.2, 0.25) is 0 Å². The number of non-ortho nitro benzene ring substituents is 1. The molecule has 2 aromatic rings. The Bertz CT molecular complexity index is 1000. The van der Waals surface area contributed by atoms with Gasteiger partial charge in [0.15, 0.2) is 16.4 Å². The van der Waals surface area contributed by atoms with Crippen molar-refractivity contribution in [3.05, 3.63) is 69.8 Å². The second kappa shape index (κ2) is 9.25. The van der Waals surface area contributed by atoms with Crippen LogP contribution in [0.4, 0.5) is 5.69 Å². The van der Waals surface area contributed by atoms with Gasteiger partial charge < -0.3 is 9.64 Å². The van der Waals surface area contributed by atoms with Gasteiger partial charge in [-0.2, -0.15) is 0 Å². The van der Waals surface area contributed by atoms with E-state index in [1.165, 1.54) is 29.8 Å². The van der Waals surface area contributed by atoms with Crippen molar-refractivity contribution in [3.8, 4) is 5.75 Å². The molecule has 1 atom stereocenters. The number of hydrogen-bond acceptors (Lipinski definition) is 6. The van der Waals surface area contributed by atoms with Crippen LogP contribution in [-0.2, 0) is 27.6 Å². The monoisotopic (exact) mass is 432 g/mol. The van der Waals surface area contributed by atoms with Crippen molar-refractivity contribution in [3.63, 3.8) is 0 Å². The molecule has 1 heterocycles. The Morgan fingerprint density at radius 2 is 1.77 bits per heavy atom. The Labute approximate surface area is 175 Å². The molecular weight excluding hydrogens is 408 g/mol. The minimum atomic E-state index is -3.16. The Kier molecular flexibility index (Phi) is 6.71. The van der Waals surface area contributed by atoms with Crippen LogP contribution in [0.15, 0.2) is 48.5 Å². The summed E-state index contributed by atoms with van der Waals surface area (Å²) >= 11 is 0. The van der Waals surface area contributed by atoms with Crippen molar-refractivity contribution in [1.82, 2.24) is 4.90 Å². The maximum Gasteiger partial charge on any atom is 0.269 e. The molecule has 9 heteroatoms. The number of nitro groups is 1. The van der Waals surface area contributed by atoms with Crippen LogP contribution in [0.25, 0.3) is 0 Å². The lowest BCUT2D eigenvalue weighted by molar-refractivity contribution is -0.384. The summed E-state index contributed by atoms with van der Waals surface area (Å²) in [4.78, 5) is 24.7. The standard InChI is InChI=1S/C21H24N2O6S/c1-2-16-3-5-17(6-4-16)13-22(19-11-12-30(27,28)15-19)21(24)14-29-20-9-7-18(8-10-20)23(25)26/h3-10,19H,2,11-15H2,1H3. The first-order valence-electron chi connectivity index (χ1n) is 9.72. The molecule has 1 aliphatic rings. The molecule has 0 aliphatic carbocycles. The highest BCUT2D eigenvalue weighted by atomic mass is 32.2. The summed E-state index contributed by atoms with van der Waals surface area (Å²) in [6.07, 6.45) is 1.31. The molecule has 3 rings (SSSR count). The molecule has 0 aromatic heterocycles. The number of rotatable bonds is 8. The summed E-state index contributed by atoms with van der Waals surface area (Å²) in [7, 11) is -3.16. The van der Waals surface area contributed by atoms with Gasteiger partial charge in [0.05, 0.1) is 16.4 Å². The van der Waals surface area contributed by atoms with E-state index in [1.54, 1.807) is 4.90 Å². The molecule has 0 spiro atoms. The normalized spacial score (nSPS) is 17.4. The van der Waals surface area contributed by atoms with E-state index in [-0.39, 0.29) is 29.7 Å². The summed E-state index contributed by atoms with van der Waals surface area (Å²) in [5, 5.41) is 10.7. The zero-order chi connectivity index (χ0) is 21.7. The lowest BCUT2D eigenvalue weighted by Gasteiger charge is -2.28. The number of hydrogen-bond donors (Lipinski definition) is 0. The zero-order valence-corrected chi connectivity index (χ0v) is 17.5. The predicted octanol–water partition coefficient (Wildman–Crippen LogP) is 2.75. The number of amides is 1. The minimum absolute atomic E-state index is 0.0523. The first-order valence-corrected chi connectivity index (χ1v) is 11.5. The van der Waals surface area contributed by atoms with Crippen LogP contribution in [0.3, 0.4) is 0 Å². The van der Waals surface area contributed by atoms with E-state index in [0.29, 0.717) is 18.7 Å². The van der Waals surface area contributed by atoms with E-state index >= 15 is 0 Å². The number of carbonyl (C=O) groups excluding carboxylic acids is 1. The summed E-state index contributed by atoms with van der Waals surface area (Å²) in [6.45, 7) is 2.08. The number of nitro benzene ring substituents is 1. The molecule has 30 heavy (non-hydrogen) atoms. The van der Waals surface area contributed by atoms with Gasteiger partial charge in [0, 0.05) is 24.7 Å². The third kappa shape index (κ3) is 5.56. The van der Waals surface area contributed by atoms with Gasteiger partial charge in [-0.3, -0.25) is 14.9 Å². The summed E-state index contributed by atoms with van der Waals surface area (Å²) in [5.74, 6) is 0.0261. The SMILES string of the molecule is CCc1ccc(CN(C(=O)COc2ccc([N+](=O)[O-])cc2)C2CCS(=O)(=O)C2)cc1. The smallest absolute Gasteiger partial charge is 0.269 e. The lowest BCUT2D eigenvalue weighted by Crippen LogP contribution is -2.43. The van der Waals surface area contributed by atoms with Crippen molar-refractivity contribution in [2.24, 2.45) is 0 Å². The van der Waals surface area contributed by atoms with Gasteiger partial charge >= 0.3 is 0 Å². The average molecular weight is 432 g/mol. The van der Waals surface area contributed by atoms with Crippen molar-refractivity contribution < 1.29 is 22.9 Å². The molecule has 2 aromatic carbocycles. The maximum absolute atomic E-state index is 12.9. The molecule has 0 saturated carbocycles. The quantitative estimate of drug-likeness (QED) is 0.469. The number of aryl methyl sites for hydroxylation is 1. The number of sulfone groups is 1. The highest BCUT2D eigenvalue weighted by molar-refractivity contribution is 7.91. The first kappa shape index (κ1) is 21.8. The molecule has 160 valence electrons. The van der Waals surface area contributed by atoms with Gasteiger partial charge in [0.25, 0.3) is 11.6 Å². The lowest BCUT2D eigenvalue weighted by atomic mass is 10.1. The van der Waals surface area contributed by atoms with E-state index < -0.39 is 20.8 Å². The third-order valence-electron chi connectivity index (χ3n) is 5.16. The second-order valence-electron chi connectivity index (χ2n) is 7.29. The second-order valence-corrected chi connectivity index (χ2v) is 9.52. The van der Waals surface area contributed by atoms with Crippen LogP contribution < -0.4 is 4.74 Å². The molecule has 0 bridgehead atoms. The highest BCUT2D eigenvalue weighted by Crippen LogP contribution is 2.22.